The molecule has 2 rings (SSSR count). The number of benzene rings is 2. The Morgan fingerprint density at radius 2 is 1.66 bits per heavy atom. The third kappa shape index (κ3) is 8.17. The summed E-state index contributed by atoms with van der Waals surface area (Å²) in [5.41, 5.74) is 2.13. The summed E-state index contributed by atoms with van der Waals surface area (Å²) in [5, 5.41) is 3.04. The molecule has 0 saturated carbocycles. The molecule has 0 aliphatic carbocycles. The highest BCUT2D eigenvalue weighted by Crippen LogP contribution is 2.20. The maximum atomic E-state index is 13.3. The molecule has 2 amide bonds. The van der Waals surface area contributed by atoms with Crippen molar-refractivity contribution >= 4 is 39.5 Å². The number of hydrogen-bond acceptors (Lipinski definition) is 4. The lowest BCUT2D eigenvalue weighted by Crippen LogP contribution is -2.51. The molecule has 2 atom stereocenters. The van der Waals surface area contributed by atoms with Gasteiger partial charge in [0.2, 0.25) is 11.8 Å². The zero-order valence-corrected chi connectivity index (χ0v) is 21.7. The third-order valence-electron chi connectivity index (χ3n) is 5.31. The predicted molar refractivity (Wildman–Crippen MR) is 136 cm³/mol. The van der Waals surface area contributed by atoms with Crippen molar-refractivity contribution in [3.05, 3.63) is 64.1 Å². The standard InChI is InChI=1S/C25H33BrN2O3S/c1-5-18(3)27-25(30)23(6-2)28(15-19-9-13-22(31-4)14-10-19)24(29)17-32-16-20-7-11-21(26)12-8-20/h7-14,18,23H,5-6,15-17H2,1-4H3,(H,27,30)/t18-,23+/m1/s1. The van der Waals surface area contributed by atoms with Gasteiger partial charge in [0.05, 0.1) is 12.9 Å². The molecule has 0 saturated heterocycles. The largest absolute Gasteiger partial charge is 0.497 e. The summed E-state index contributed by atoms with van der Waals surface area (Å²) in [4.78, 5) is 28.0. The fourth-order valence-electron chi connectivity index (χ4n) is 3.21. The number of methoxy groups -OCH3 is 1. The molecular formula is C25H33BrN2O3S. The van der Waals surface area contributed by atoms with Crippen molar-refractivity contribution in [2.45, 2.75) is 58.0 Å². The maximum absolute atomic E-state index is 13.3. The first-order chi connectivity index (χ1) is 15.4. The van der Waals surface area contributed by atoms with Gasteiger partial charge in [-0.25, -0.2) is 0 Å². The zero-order chi connectivity index (χ0) is 23.5. The quantitative estimate of drug-likeness (QED) is 0.406. The second-order valence-electron chi connectivity index (χ2n) is 7.73. The average Bonchev–Trinajstić information content (AvgIpc) is 2.80. The van der Waals surface area contributed by atoms with Crippen LogP contribution in [0.25, 0.3) is 0 Å². The third-order valence-corrected chi connectivity index (χ3v) is 6.82. The number of halogens is 1. The van der Waals surface area contributed by atoms with Crippen molar-refractivity contribution in [1.82, 2.24) is 10.2 Å². The summed E-state index contributed by atoms with van der Waals surface area (Å²) < 4.78 is 6.27. The fraction of sp³-hybridized carbons (Fsp3) is 0.440. The SMILES string of the molecule is CC[C@@H](C)NC(=O)[C@H](CC)N(Cc1ccc(OC)cc1)C(=O)CSCc1ccc(Br)cc1. The maximum Gasteiger partial charge on any atom is 0.243 e. The molecule has 1 N–H and O–H groups in total. The highest BCUT2D eigenvalue weighted by molar-refractivity contribution is 9.10. The molecule has 7 heteroatoms. The van der Waals surface area contributed by atoms with Crippen LogP contribution in [0.5, 0.6) is 5.75 Å². The molecule has 2 aromatic rings. The van der Waals surface area contributed by atoms with Gasteiger partial charge in [0.1, 0.15) is 11.8 Å². The molecule has 0 radical (unpaired) electrons. The highest BCUT2D eigenvalue weighted by Gasteiger charge is 2.29. The number of hydrogen-bond donors (Lipinski definition) is 1. The van der Waals surface area contributed by atoms with E-state index in [4.69, 9.17) is 4.74 Å². The molecule has 0 spiro atoms. The lowest BCUT2D eigenvalue weighted by molar-refractivity contribution is -0.139. The van der Waals surface area contributed by atoms with Crippen LogP contribution in [0.15, 0.2) is 53.0 Å². The predicted octanol–water partition coefficient (Wildman–Crippen LogP) is 5.41. The van der Waals surface area contributed by atoms with E-state index in [9.17, 15) is 9.59 Å². The minimum atomic E-state index is -0.508. The van der Waals surface area contributed by atoms with Crippen LogP contribution in [-0.4, -0.2) is 41.7 Å². The van der Waals surface area contributed by atoms with Gasteiger partial charge in [-0.1, -0.05) is 54.0 Å². The van der Waals surface area contributed by atoms with E-state index >= 15 is 0 Å². The highest BCUT2D eigenvalue weighted by atomic mass is 79.9. The number of ether oxygens (including phenoxy) is 1. The van der Waals surface area contributed by atoms with Crippen molar-refractivity contribution in [3.63, 3.8) is 0 Å². The normalized spacial score (nSPS) is 12.7. The van der Waals surface area contributed by atoms with E-state index in [1.54, 1.807) is 23.8 Å². The van der Waals surface area contributed by atoms with E-state index < -0.39 is 6.04 Å². The molecule has 0 aliphatic heterocycles. The van der Waals surface area contributed by atoms with Gasteiger partial charge in [-0.3, -0.25) is 9.59 Å². The molecule has 0 unspecified atom stereocenters. The van der Waals surface area contributed by atoms with E-state index in [1.807, 2.05) is 69.3 Å². The molecule has 5 nitrogen and oxygen atoms in total. The second-order valence-corrected chi connectivity index (χ2v) is 9.63. The van der Waals surface area contributed by atoms with E-state index in [0.29, 0.717) is 18.7 Å². The topological polar surface area (TPSA) is 58.6 Å². The van der Waals surface area contributed by atoms with E-state index in [2.05, 4.69) is 21.2 Å². The van der Waals surface area contributed by atoms with Crippen LogP contribution in [0.1, 0.15) is 44.7 Å². The summed E-state index contributed by atoms with van der Waals surface area (Å²) >= 11 is 5.01. The van der Waals surface area contributed by atoms with E-state index in [1.165, 1.54) is 0 Å². The van der Waals surface area contributed by atoms with Crippen LogP contribution in [-0.2, 0) is 21.9 Å². The van der Waals surface area contributed by atoms with Gasteiger partial charge in [-0.2, -0.15) is 0 Å². The van der Waals surface area contributed by atoms with Crippen molar-refractivity contribution in [2.75, 3.05) is 12.9 Å². The Bertz CT molecular complexity index is 858. The fourth-order valence-corrected chi connectivity index (χ4v) is 4.34. The summed E-state index contributed by atoms with van der Waals surface area (Å²) in [7, 11) is 1.62. The molecule has 0 aromatic heterocycles. The first-order valence-electron chi connectivity index (χ1n) is 10.9. The van der Waals surface area contributed by atoms with Crippen molar-refractivity contribution in [3.8, 4) is 5.75 Å². The number of amides is 2. The van der Waals surface area contributed by atoms with Crippen LogP contribution in [0.2, 0.25) is 0 Å². The molecule has 32 heavy (non-hydrogen) atoms. The molecule has 0 fully saturated rings. The van der Waals surface area contributed by atoms with Gasteiger partial charge in [-0.15, -0.1) is 11.8 Å². The number of carbonyl (C=O) groups excluding carboxylic acids is 2. The minimum absolute atomic E-state index is 0.0333. The van der Waals surface area contributed by atoms with Gasteiger partial charge in [0.15, 0.2) is 0 Å². The Hall–Kier alpha value is -1.99. The van der Waals surface area contributed by atoms with E-state index in [-0.39, 0.29) is 17.9 Å². The van der Waals surface area contributed by atoms with Gasteiger partial charge in [-0.05, 0) is 55.2 Å². The lowest BCUT2D eigenvalue weighted by atomic mass is 10.1. The zero-order valence-electron chi connectivity index (χ0n) is 19.3. The summed E-state index contributed by atoms with van der Waals surface area (Å²) in [6.07, 6.45) is 1.40. The van der Waals surface area contributed by atoms with Gasteiger partial charge in [0.25, 0.3) is 0 Å². The monoisotopic (exact) mass is 520 g/mol. The number of rotatable bonds is 12. The van der Waals surface area contributed by atoms with Crippen LogP contribution in [0.3, 0.4) is 0 Å². The molecule has 2 aromatic carbocycles. The smallest absolute Gasteiger partial charge is 0.243 e. The van der Waals surface area contributed by atoms with Crippen LogP contribution in [0, 0.1) is 0 Å². The average molecular weight is 522 g/mol. The Balaban J connectivity index is 2.13. The Morgan fingerprint density at radius 3 is 2.22 bits per heavy atom. The lowest BCUT2D eigenvalue weighted by Gasteiger charge is -2.31. The molecular weight excluding hydrogens is 488 g/mol. The summed E-state index contributed by atoms with van der Waals surface area (Å²) in [5.74, 6) is 1.69. The summed E-state index contributed by atoms with van der Waals surface area (Å²) in [6.45, 7) is 6.34. The van der Waals surface area contributed by atoms with Crippen LogP contribution >= 0.6 is 27.7 Å². The number of thioether (sulfide) groups is 1. The number of nitrogens with one attached hydrogen (secondary N) is 1. The number of nitrogens with zero attached hydrogens (tertiary/aromatic N) is 1. The van der Waals surface area contributed by atoms with Crippen LogP contribution in [0.4, 0.5) is 0 Å². The molecule has 0 bridgehead atoms. The molecule has 0 aliphatic rings. The van der Waals surface area contributed by atoms with Crippen molar-refractivity contribution < 1.29 is 14.3 Å². The Kier molecular flexibility index (Phi) is 11.1. The summed E-state index contributed by atoms with van der Waals surface area (Å²) in [6, 6.07) is 15.3. The number of carbonyl (C=O) groups is 2. The first kappa shape index (κ1) is 26.3. The van der Waals surface area contributed by atoms with E-state index in [0.717, 1.165) is 33.5 Å². The Morgan fingerprint density at radius 1 is 1.03 bits per heavy atom. The van der Waals surface area contributed by atoms with Crippen molar-refractivity contribution in [2.24, 2.45) is 0 Å². The molecule has 174 valence electrons. The Labute approximate surface area is 204 Å². The van der Waals surface area contributed by atoms with Gasteiger partial charge in [0, 0.05) is 22.8 Å². The first-order valence-corrected chi connectivity index (χ1v) is 12.9. The van der Waals surface area contributed by atoms with Gasteiger partial charge < -0.3 is 15.0 Å². The van der Waals surface area contributed by atoms with Crippen molar-refractivity contribution in [1.29, 1.82) is 0 Å². The minimum Gasteiger partial charge on any atom is -0.497 e. The van der Waals surface area contributed by atoms with Crippen LogP contribution < -0.4 is 10.1 Å². The second kappa shape index (κ2) is 13.5. The van der Waals surface area contributed by atoms with Gasteiger partial charge >= 0.3 is 0 Å². The molecule has 0 heterocycles.